The quantitative estimate of drug-likeness (QED) is 0.546. The van der Waals surface area contributed by atoms with Gasteiger partial charge < -0.3 is 4.74 Å². The van der Waals surface area contributed by atoms with Crippen LogP contribution in [0.5, 0.6) is 5.75 Å². The molecule has 0 amide bonds. The molecule has 80 valence electrons. The van der Waals surface area contributed by atoms with E-state index in [1.54, 1.807) is 18.2 Å². The minimum absolute atomic E-state index is 0.228. The predicted molar refractivity (Wildman–Crippen MR) is 61.6 cm³/mol. The first-order valence-corrected chi connectivity index (χ1v) is 4.88. The van der Waals surface area contributed by atoms with Gasteiger partial charge >= 0.3 is 5.97 Å². The van der Waals surface area contributed by atoms with Crippen molar-refractivity contribution in [2.24, 2.45) is 5.41 Å². The summed E-state index contributed by atoms with van der Waals surface area (Å²) in [5, 5.41) is 0. The highest BCUT2D eigenvalue weighted by Crippen LogP contribution is 2.19. The molecule has 0 aliphatic carbocycles. The lowest BCUT2D eigenvalue weighted by atomic mass is 9.97. The van der Waals surface area contributed by atoms with Gasteiger partial charge in [0.15, 0.2) is 0 Å². The van der Waals surface area contributed by atoms with Gasteiger partial charge in [-0.25, -0.2) is 0 Å². The summed E-state index contributed by atoms with van der Waals surface area (Å²) in [7, 11) is 0. The molecule has 0 N–H and O–H groups in total. The Morgan fingerprint density at radius 3 is 2.20 bits per heavy atom. The Morgan fingerprint density at radius 1 is 1.27 bits per heavy atom. The first-order valence-electron chi connectivity index (χ1n) is 4.88. The summed E-state index contributed by atoms with van der Waals surface area (Å²) in [6.07, 6.45) is 1.75. The molecule has 0 aromatic heterocycles. The van der Waals surface area contributed by atoms with Crippen LogP contribution >= 0.6 is 0 Å². The van der Waals surface area contributed by atoms with Crippen molar-refractivity contribution in [3.8, 4) is 5.75 Å². The number of carbonyl (C=O) groups is 1. The van der Waals surface area contributed by atoms with Crippen LogP contribution < -0.4 is 4.74 Å². The SMILES string of the molecule is C=Cc1ccc(OC(=O)C(C)(C)C)cc1. The van der Waals surface area contributed by atoms with Gasteiger partial charge in [-0.1, -0.05) is 24.8 Å². The van der Waals surface area contributed by atoms with E-state index in [2.05, 4.69) is 6.58 Å². The average molecular weight is 204 g/mol. The van der Waals surface area contributed by atoms with Crippen LogP contribution in [0.15, 0.2) is 30.8 Å². The summed E-state index contributed by atoms with van der Waals surface area (Å²) in [4.78, 5) is 11.5. The van der Waals surface area contributed by atoms with E-state index in [1.807, 2.05) is 32.9 Å². The summed E-state index contributed by atoms with van der Waals surface area (Å²) >= 11 is 0. The van der Waals surface area contributed by atoms with Crippen molar-refractivity contribution in [2.45, 2.75) is 20.8 Å². The molecule has 0 radical (unpaired) electrons. The van der Waals surface area contributed by atoms with Crippen LogP contribution in [-0.2, 0) is 4.79 Å². The number of hydrogen-bond acceptors (Lipinski definition) is 2. The number of benzene rings is 1. The molecule has 0 saturated carbocycles. The highest BCUT2D eigenvalue weighted by Gasteiger charge is 2.23. The van der Waals surface area contributed by atoms with Crippen molar-refractivity contribution >= 4 is 12.0 Å². The fourth-order valence-corrected chi connectivity index (χ4v) is 0.932. The summed E-state index contributed by atoms with van der Waals surface area (Å²) in [5.41, 5.74) is 0.530. The van der Waals surface area contributed by atoms with Gasteiger partial charge in [-0.3, -0.25) is 4.79 Å². The van der Waals surface area contributed by atoms with Gasteiger partial charge in [0, 0.05) is 0 Å². The molecule has 0 unspecified atom stereocenters. The average Bonchev–Trinajstić information content (AvgIpc) is 2.17. The maximum Gasteiger partial charge on any atom is 0.316 e. The lowest BCUT2D eigenvalue weighted by molar-refractivity contribution is -0.142. The van der Waals surface area contributed by atoms with Crippen molar-refractivity contribution in [2.75, 3.05) is 0 Å². The van der Waals surface area contributed by atoms with Gasteiger partial charge in [-0.15, -0.1) is 0 Å². The summed E-state index contributed by atoms with van der Waals surface area (Å²) < 4.78 is 5.21. The van der Waals surface area contributed by atoms with Crippen molar-refractivity contribution in [3.63, 3.8) is 0 Å². The molecule has 0 aliphatic rings. The number of rotatable bonds is 2. The number of ether oxygens (including phenoxy) is 1. The standard InChI is InChI=1S/C13H16O2/c1-5-10-6-8-11(9-7-10)15-12(14)13(2,3)4/h5-9H,1H2,2-4H3. The van der Waals surface area contributed by atoms with E-state index in [9.17, 15) is 4.79 Å². The van der Waals surface area contributed by atoms with E-state index in [1.165, 1.54) is 0 Å². The summed E-state index contributed by atoms with van der Waals surface area (Å²) in [6.45, 7) is 9.13. The molecule has 0 fully saturated rings. The minimum Gasteiger partial charge on any atom is -0.426 e. The maximum absolute atomic E-state index is 11.5. The third-order valence-electron chi connectivity index (χ3n) is 1.94. The molecule has 0 saturated heterocycles. The lowest BCUT2D eigenvalue weighted by Gasteiger charge is -2.16. The predicted octanol–water partition coefficient (Wildman–Crippen LogP) is 3.28. The third kappa shape index (κ3) is 3.24. The molecule has 2 nitrogen and oxygen atoms in total. The molecule has 0 aliphatic heterocycles. The van der Waals surface area contributed by atoms with Crippen molar-refractivity contribution in [1.29, 1.82) is 0 Å². The smallest absolute Gasteiger partial charge is 0.316 e. The van der Waals surface area contributed by atoms with Crippen LogP contribution in [0.1, 0.15) is 26.3 Å². The summed E-state index contributed by atoms with van der Waals surface area (Å²) in [5.74, 6) is 0.342. The number of carbonyl (C=O) groups excluding carboxylic acids is 1. The summed E-state index contributed by atoms with van der Waals surface area (Å²) in [6, 6.07) is 7.25. The van der Waals surface area contributed by atoms with Gasteiger partial charge in [0.05, 0.1) is 5.41 Å². The minimum atomic E-state index is -0.475. The van der Waals surface area contributed by atoms with E-state index < -0.39 is 5.41 Å². The van der Waals surface area contributed by atoms with Gasteiger partial charge in [-0.05, 0) is 38.5 Å². The molecule has 1 aromatic rings. The van der Waals surface area contributed by atoms with E-state index in [4.69, 9.17) is 4.74 Å². The highest BCUT2D eigenvalue weighted by molar-refractivity contribution is 5.77. The lowest BCUT2D eigenvalue weighted by Crippen LogP contribution is -2.25. The van der Waals surface area contributed by atoms with Crippen LogP contribution in [-0.4, -0.2) is 5.97 Å². The Bertz CT molecular complexity index is 355. The Morgan fingerprint density at radius 2 is 1.80 bits per heavy atom. The van der Waals surface area contributed by atoms with Gasteiger partial charge in [0.1, 0.15) is 5.75 Å². The Balaban J connectivity index is 2.74. The molecular formula is C13H16O2. The zero-order chi connectivity index (χ0) is 11.5. The molecular weight excluding hydrogens is 188 g/mol. The maximum atomic E-state index is 11.5. The van der Waals surface area contributed by atoms with E-state index in [0.29, 0.717) is 5.75 Å². The van der Waals surface area contributed by atoms with Crippen LogP contribution in [0.2, 0.25) is 0 Å². The zero-order valence-corrected chi connectivity index (χ0v) is 9.41. The van der Waals surface area contributed by atoms with Gasteiger partial charge in [0.25, 0.3) is 0 Å². The van der Waals surface area contributed by atoms with Gasteiger partial charge in [-0.2, -0.15) is 0 Å². The number of hydrogen-bond donors (Lipinski definition) is 0. The van der Waals surface area contributed by atoms with Crippen LogP contribution in [0.4, 0.5) is 0 Å². The van der Waals surface area contributed by atoms with Crippen molar-refractivity contribution in [1.82, 2.24) is 0 Å². The third-order valence-corrected chi connectivity index (χ3v) is 1.94. The highest BCUT2D eigenvalue weighted by atomic mass is 16.5. The first kappa shape index (κ1) is 11.5. The Kier molecular flexibility index (Phi) is 3.30. The van der Waals surface area contributed by atoms with E-state index in [-0.39, 0.29) is 5.97 Å². The second-order valence-corrected chi connectivity index (χ2v) is 4.41. The molecule has 1 aromatic carbocycles. The molecule has 15 heavy (non-hydrogen) atoms. The van der Waals surface area contributed by atoms with E-state index >= 15 is 0 Å². The van der Waals surface area contributed by atoms with Crippen LogP contribution in [0.25, 0.3) is 6.08 Å². The fraction of sp³-hybridized carbons (Fsp3) is 0.308. The van der Waals surface area contributed by atoms with Crippen LogP contribution in [0.3, 0.4) is 0 Å². The molecule has 1 rings (SSSR count). The fourth-order valence-electron chi connectivity index (χ4n) is 0.932. The second kappa shape index (κ2) is 4.30. The molecule has 0 spiro atoms. The zero-order valence-electron chi connectivity index (χ0n) is 9.41. The first-order chi connectivity index (χ1) is 6.93. The second-order valence-electron chi connectivity index (χ2n) is 4.41. The monoisotopic (exact) mass is 204 g/mol. The topological polar surface area (TPSA) is 26.3 Å². The van der Waals surface area contributed by atoms with E-state index in [0.717, 1.165) is 5.56 Å². The largest absolute Gasteiger partial charge is 0.426 e. The van der Waals surface area contributed by atoms with Gasteiger partial charge in [0.2, 0.25) is 0 Å². The van der Waals surface area contributed by atoms with Crippen molar-refractivity contribution < 1.29 is 9.53 Å². The van der Waals surface area contributed by atoms with Crippen LogP contribution in [0, 0.1) is 5.41 Å². The molecule has 2 heteroatoms. The Labute approximate surface area is 90.6 Å². The number of esters is 1. The normalized spacial score (nSPS) is 10.9. The molecule has 0 heterocycles. The van der Waals surface area contributed by atoms with Crippen molar-refractivity contribution in [3.05, 3.63) is 36.4 Å². The molecule has 0 bridgehead atoms. The Hall–Kier alpha value is -1.57. The molecule has 0 atom stereocenters.